The number of hydrogen-bond donors (Lipinski definition) is 1. The molecule has 0 aliphatic carbocycles. The highest BCUT2D eigenvalue weighted by Crippen LogP contribution is 2.22. The molecule has 1 fully saturated rings. The number of fused-ring (bicyclic) bond motifs is 1. The highest BCUT2D eigenvalue weighted by atomic mass is 16.5. The van der Waals surface area contributed by atoms with Crippen LogP contribution in [0.1, 0.15) is 18.3 Å². The summed E-state index contributed by atoms with van der Waals surface area (Å²) in [7, 11) is 2.17. The Morgan fingerprint density at radius 2 is 1.94 bits per heavy atom. The van der Waals surface area contributed by atoms with Crippen LogP contribution in [-0.2, 0) is 17.9 Å². The van der Waals surface area contributed by atoms with Crippen molar-refractivity contribution in [3.63, 3.8) is 0 Å². The summed E-state index contributed by atoms with van der Waals surface area (Å²) in [6, 6.07) is 13.6. The van der Waals surface area contributed by atoms with Gasteiger partial charge in [-0.25, -0.2) is 4.98 Å². The van der Waals surface area contributed by atoms with Gasteiger partial charge in [-0.2, -0.15) is 0 Å². The van der Waals surface area contributed by atoms with Gasteiger partial charge in [0.1, 0.15) is 11.6 Å². The average Bonchev–Trinajstić information content (AvgIpc) is 3.10. The zero-order chi connectivity index (χ0) is 21.8. The number of benzene rings is 2. The number of nitrogens with zero attached hydrogens (tertiary/aromatic N) is 4. The summed E-state index contributed by atoms with van der Waals surface area (Å²) in [6.07, 6.45) is 0. The quantitative estimate of drug-likeness (QED) is 0.635. The summed E-state index contributed by atoms with van der Waals surface area (Å²) in [6.45, 7) is 10.1. The average molecular weight is 422 g/mol. The van der Waals surface area contributed by atoms with Crippen molar-refractivity contribution in [3.8, 4) is 5.75 Å². The first kappa shape index (κ1) is 21.3. The molecule has 1 amide bonds. The summed E-state index contributed by atoms with van der Waals surface area (Å²) in [5, 5.41) is 2.92. The topological polar surface area (TPSA) is 62.6 Å². The molecule has 2 heterocycles. The van der Waals surface area contributed by atoms with E-state index < -0.39 is 0 Å². The first-order chi connectivity index (χ1) is 15.0. The Morgan fingerprint density at radius 1 is 1.13 bits per heavy atom. The zero-order valence-corrected chi connectivity index (χ0v) is 18.6. The third-order valence-electron chi connectivity index (χ3n) is 5.75. The second-order valence-electron chi connectivity index (χ2n) is 8.21. The summed E-state index contributed by atoms with van der Waals surface area (Å²) in [5.74, 6) is 1.59. The first-order valence-corrected chi connectivity index (χ1v) is 10.9. The SMILES string of the molecule is CCn1c(CN2CCN(C)CC2)nc2cc(NC(=O)COc3cccc(C)c3)ccc21. The van der Waals surface area contributed by atoms with Gasteiger partial charge < -0.3 is 19.5 Å². The second kappa shape index (κ2) is 9.49. The first-order valence-electron chi connectivity index (χ1n) is 10.9. The molecule has 0 unspecified atom stereocenters. The molecule has 1 aromatic heterocycles. The second-order valence-corrected chi connectivity index (χ2v) is 8.21. The van der Waals surface area contributed by atoms with Crippen molar-refractivity contribution < 1.29 is 9.53 Å². The third-order valence-corrected chi connectivity index (χ3v) is 5.75. The smallest absolute Gasteiger partial charge is 0.262 e. The number of piperazine rings is 1. The summed E-state index contributed by atoms with van der Waals surface area (Å²) >= 11 is 0. The van der Waals surface area contributed by atoms with Gasteiger partial charge in [0.2, 0.25) is 0 Å². The minimum atomic E-state index is -0.187. The lowest BCUT2D eigenvalue weighted by Crippen LogP contribution is -2.44. The minimum Gasteiger partial charge on any atom is -0.484 e. The Kier molecular flexibility index (Phi) is 6.53. The van der Waals surface area contributed by atoms with Gasteiger partial charge in [-0.15, -0.1) is 0 Å². The number of rotatable bonds is 7. The van der Waals surface area contributed by atoms with Crippen LogP contribution in [0.3, 0.4) is 0 Å². The van der Waals surface area contributed by atoms with Gasteiger partial charge in [0.15, 0.2) is 6.61 Å². The van der Waals surface area contributed by atoms with Gasteiger partial charge >= 0.3 is 0 Å². The van der Waals surface area contributed by atoms with E-state index in [2.05, 4.69) is 33.7 Å². The molecular weight excluding hydrogens is 390 g/mol. The van der Waals surface area contributed by atoms with Crippen LogP contribution in [0.25, 0.3) is 11.0 Å². The predicted octanol–water partition coefficient (Wildman–Crippen LogP) is 3.13. The molecule has 1 aliphatic heterocycles. The van der Waals surface area contributed by atoms with Crippen molar-refractivity contribution in [2.45, 2.75) is 26.9 Å². The number of carbonyl (C=O) groups is 1. The Balaban J connectivity index is 1.43. The van der Waals surface area contributed by atoms with Crippen molar-refractivity contribution in [2.24, 2.45) is 0 Å². The number of likely N-dealkylation sites (N-methyl/N-ethyl adjacent to an activating group) is 1. The molecule has 7 heteroatoms. The van der Waals surface area contributed by atoms with Crippen molar-refractivity contribution in [1.29, 1.82) is 0 Å². The van der Waals surface area contributed by atoms with Gasteiger partial charge in [0, 0.05) is 38.4 Å². The number of aromatic nitrogens is 2. The van der Waals surface area contributed by atoms with E-state index >= 15 is 0 Å². The molecule has 0 bridgehead atoms. The monoisotopic (exact) mass is 421 g/mol. The molecule has 1 N–H and O–H groups in total. The zero-order valence-electron chi connectivity index (χ0n) is 18.6. The fourth-order valence-corrected chi connectivity index (χ4v) is 3.99. The molecule has 31 heavy (non-hydrogen) atoms. The highest BCUT2D eigenvalue weighted by molar-refractivity contribution is 5.94. The maximum atomic E-state index is 12.4. The number of carbonyl (C=O) groups excluding carboxylic acids is 1. The molecule has 2 aromatic carbocycles. The lowest BCUT2D eigenvalue weighted by atomic mass is 10.2. The number of ether oxygens (including phenoxy) is 1. The largest absolute Gasteiger partial charge is 0.484 e. The van der Waals surface area contributed by atoms with E-state index in [4.69, 9.17) is 9.72 Å². The molecule has 0 spiro atoms. The van der Waals surface area contributed by atoms with Gasteiger partial charge in [0.25, 0.3) is 5.91 Å². The Labute approximate surface area is 183 Å². The number of imidazole rings is 1. The van der Waals surface area contributed by atoms with Crippen LogP contribution in [0.4, 0.5) is 5.69 Å². The number of amides is 1. The lowest BCUT2D eigenvalue weighted by Gasteiger charge is -2.32. The molecule has 3 aromatic rings. The minimum absolute atomic E-state index is 0.0282. The van der Waals surface area contributed by atoms with Gasteiger partial charge in [-0.3, -0.25) is 9.69 Å². The summed E-state index contributed by atoms with van der Waals surface area (Å²) in [4.78, 5) is 22.1. The van der Waals surface area contributed by atoms with Gasteiger partial charge in [-0.05, 0) is 56.8 Å². The van der Waals surface area contributed by atoms with E-state index in [0.717, 1.165) is 67.4 Å². The predicted molar refractivity (Wildman–Crippen MR) is 123 cm³/mol. The maximum Gasteiger partial charge on any atom is 0.262 e. The maximum absolute atomic E-state index is 12.4. The van der Waals surface area contributed by atoms with Crippen LogP contribution >= 0.6 is 0 Å². The van der Waals surface area contributed by atoms with Crippen LogP contribution < -0.4 is 10.1 Å². The normalized spacial score (nSPS) is 15.3. The standard InChI is InChI=1S/C24H31N5O2/c1-4-29-22-9-8-19(25-24(30)17-31-20-7-5-6-18(2)14-20)15-21(22)26-23(29)16-28-12-10-27(3)11-13-28/h5-9,14-15H,4,10-13,16-17H2,1-3H3,(H,25,30). The fraction of sp³-hybridized carbons (Fsp3) is 0.417. The number of hydrogen-bond acceptors (Lipinski definition) is 5. The van der Waals surface area contributed by atoms with E-state index in [1.165, 1.54) is 0 Å². The van der Waals surface area contributed by atoms with E-state index in [1.54, 1.807) is 0 Å². The molecule has 0 saturated carbocycles. The molecule has 0 atom stereocenters. The Bertz CT molecular complexity index is 1050. The van der Waals surface area contributed by atoms with Crippen LogP contribution in [0.5, 0.6) is 5.75 Å². The Morgan fingerprint density at radius 3 is 2.68 bits per heavy atom. The van der Waals surface area contributed by atoms with E-state index in [1.807, 2.05) is 49.4 Å². The van der Waals surface area contributed by atoms with Gasteiger partial charge in [-0.1, -0.05) is 12.1 Å². The van der Waals surface area contributed by atoms with Crippen molar-refractivity contribution in [1.82, 2.24) is 19.4 Å². The molecule has 4 rings (SSSR count). The van der Waals surface area contributed by atoms with Gasteiger partial charge in [0.05, 0.1) is 17.6 Å². The number of nitrogens with one attached hydrogen (secondary N) is 1. The van der Waals surface area contributed by atoms with Crippen molar-refractivity contribution >= 4 is 22.6 Å². The van der Waals surface area contributed by atoms with Crippen molar-refractivity contribution in [2.75, 3.05) is 45.2 Å². The fourth-order valence-electron chi connectivity index (χ4n) is 3.99. The van der Waals surface area contributed by atoms with E-state index in [-0.39, 0.29) is 12.5 Å². The van der Waals surface area contributed by atoms with Crippen molar-refractivity contribution in [3.05, 3.63) is 53.9 Å². The number of aryl methyl sites for hydroxylation is 2. The molecule has 164 valence electrons. The van der Waals surface area contributed by atoms with E-state index in [9.17, 15) is 4.79 Å². The lowest BCUT2D eigenvalue weighted by molar-refractivity contribution is -0.118. The van der Waals surface area contributed by atoms with Crippen LogP contribution in [0.2, 0.25) is 0 Å². The van der Waals surface area contributed by atoms with Crippen LogP contribution in [0.15, 0.2) is 42.5 Å². The molecule has 7 nitrogen and oxygen atoms in total. The number of anilines is 1. The summed E-state index contributed by atoms with van der Waals surface area (Å²) < 4.78 is 7.86. The summed E-state index contributed by atoms with van der Waals surface area (Å²) in [5.41, 5.74) is 3.84. The van der Waals surface area contributed by atoms with Crippen LogP contribution in [0, 0.1) is 6.92 Å². The Hall–Kier alpha value is -2.90. The molecular formula is C24H31N5O2. The molecule has 1 aliphatic rings. The van der Waals surface area contributed by atoms with Crippen LogP contribution in [-0.4, -0.2) is 65.1 Å². The van der Waals surface area contributed by atoms with E-state index in [0.29, 0.717) is 5.75 Å². The highest BCUT2D eigenvalue weighted by Gasteiger charge is 2.18. The molecule has 0 radical (unpaired) electrons. The molecule has 1 saturated heterocycles. The third kappa shape index (κ3) is 5.24.